The summed E-state index contributed by atoms with van der Waals surface area (Å²) in [5.74, 6) is 0.460. The van der Waals surface area contributed by atoms with Gasteiger partial charge in [0.25, 0.3) is 0 Å². The first kappa shape index (κ1) is 14.6. The SMILES string of the molecule is COc1cc(C(N)c2cncc(F)c2)cc(Cl)c1OC. The molecule has 0 aliphatic rings. The van der Waals surface area contributed by atoms with Crippen LogP contribution in [0.2, 0.25) is 5.02 Å². The molecular weight excluding hydrogens is 283 g/mol. The topological polar surface area (TPSA) is 57.4 Å². The van der Waals surface area contributed by atoms with E-state index in [2.05, 4.69) is 4.98 Å². The molecule has 1 heterocycles. The lowest BCUT2D eigenvalue weighted by Crippen LogP contribution is -2.13. The van der Waals surface area contributed by atoms with E-state index in [0.29, 0.717) is 27.6 Å². The van der Waals surface area contributed by atoms with Crippen LogP contribution in [0.5, 0.6) is 11.5 Å². The van der Waals surface area contributed by atoms with E-state index in [1.807, 2.05) is 0 Å². The quantitative estimate of drug-likeness (QED) is 0.942. The fraction of sp³-hybridized carbons (Fsp3) is 0.214. The lowest BCUT2D eigenvalue weighted by atomic mass is 10.0. The summed E-state index contributed by atoms with van der Waals surface area (Å²) in [5, 5.41) is 0.377. The first-order chi connectivity index (χ1) is 9.56. The van der Waals surface area contributed by atoms with Gasteiger partial charge in [0.1, 0.15) is 5.82 Å². The predicted octanol–water partition coefficient (Wildman–Crippen LogP) is 2.94. The Morgan fingerprint density at radius 2 is 1.90 bits per heavy atom. The Kier molecular flexibility index (Phi) is 4.42. The number of methoxy groups -OCH3 is 2. The minimum atomic E-state index is -0.560. The van der Waals surface area contributed by atoms with Gasteiger partial charge in [-0.2, -0.15) is 0 Å². The largest absolute Gasteiger partial charge is 0.493 e. The zero-order valence-electron chi connectivity index (χ0n) is 11.1. The number of ether oxygens (including phenoxy) is 2. The van der Waals surface area contributed by atoms with Crippen molar-refractivity contribution in [3.05, 3.63) is 52.6 Å². The van der Waals surface area contributed by atoms with Gasteiger partial charge in [-0.3, -0.25) is 4.98 Å². The Morgan fingerprint density at radius 3 is 2.50 bits per heavy atom. The maximum Gasteiger partial charge on any atom is 0.179 e. The van der Waals surface area contributed by atoms with Crippen LogP contribution in [-0.2, 0) is 0 Å². The Balaban J connectivity index is 2.45. The zero-order valence-corrected chi connectivity index (χ0v) is 11.8. The van der Waals surface area contributed by atoms with Crippen molar-refractivity contribution in [2.24, 2.45) is 5.73 Å². The number of benzene rings is 1. The molecule has 2 N–H and O–H groups in total. The maximum atomic E-state index is 13.2. The first-order valence-corrected chi connectivity index (χ1v) is 6.22. The lowest BCUT2D eigenvalue weighted by molar-refractivity contribution is 0.354. The van der Waals surface area contributed by atoms with Crippen molar-refractivity contribution >= 4 is 11.6 Å². The van der Waals surface area contributed by atoms with Crippen molar-refractivity contribution in [3.63, 3.8) is 0 Å². The summed E-state index contributed by atoms with van der Waals surface area (Å²) in [6.07, 6.45) is 2.64. The summed E-state index contributed by atoms with van der Waals surface area (Å²) in [6, 6.07) is 4.15. The van der Waals surface area contributed by atoms with E-state index in [9.17, 15) is 4.39 Å². The third-order valence-corrected chi connectivity index (χ3v) is 3.18. The number of nitrogens with zero attached hydrogens (tertiary/aromatic N) is 1. The Bertz CT molecular complexity index is 622. The Hall–Kier alpha value is -1.85. The van der Waals surface area contributed by atoms with E-state index in [-0.39, 0.29) is 0 Å². The van der Waals surface area contributed by atoms with E-state index >= 15 is 0 Å². The van der Waals surface area contributed by atoms with Crippen LogP contribution in [0.25, 0.3) is 0 Å². The van der Waals surface area contributed by atoms with Crippen molar-refractivity contribution in [3.8, 4) is 11.5 Å². The lowest BCUT2D eigenvalue weighted by Gasteiger charge is -2.16. The molecule has 0 bridgehead atoms. The van der Waals surface area contributed by atoms with Crippen LogP contribution in [0.4, 0.5) is 4.39 Å². The molecule has 0 radical (unpaired) electrons. The molecule has 0 amide bonds. The van der Waals surface area contributed by atoms with Crippen molar-refractivity contribution in [1.29, 1.82) is 0 Å². The molecule has 0 saturated heterocycles. The van der Waals surface area contributed by atoms with E-state index in [0.717, 1.165) is 6.20 Å². The second-order valence-electron chi connectivity index (χ2n) is 4.15. The van der Waals surface area contributed by atoms with Gasteiger partial charge in [0, 0.05) is 6.20 Å². The molecule has 1 atom stereocenters. The summed E-state index contributed by atoms with van der Waals surface area (Å²) in [6.45, 7) is 0. The Labute approximate surface area is 121 Å². The van der Waals surface area contributed by atoms with Crippen molar-refractivity contribution in [2.45, 2.75) is 6.04 Å². The van der Waals surface area contributed by atoms with Crippen molar-refractivity contribution in [1.82, 2.24) is 4.98 Å². The van der Waals surface area contributed by atoms with E-state index < -0.39 is 11.9 Å². The number of pyridine rings is 1. The number of hydrogen-bond donors (Lipinski definition) is 1. The highest BCUT2D eigenvalue weighted by molar-refractivity contribution is 6.32. The average Bonchev–Trinajstić information content (AvgIpc) is 2.45. The molecular formula is C14H14ClFN2O2. The van der Waals surface area contributed by atoms with Gasteiger partial charge < -0.3 is 15.2 Å². The van der Waals surface area contributed by atoms with E-state index in [4.69, 9.17) is 26.8 Å². The molecule has 0 fully saturated rings. The van der Waals surface area contributed by atoms with Crippen LogP contribution in [0.3, 0.4) is 0 Å². The van der Waals surface area contributed by atoms with Crippen LogP contribution in [0.1, 0.15) is 17.2 Å². The summed E-state index contributed by atoms with van der Waals surface area (Å²) in [4.78, 5) is 3.79. The molecule has 6 heteroatoms. The van der Waals surface area contributed by atoms with Crippen LogP contribution in [0.15, 0.2) is 30.6 Å². The molecule has 0 spiro atoms. The highest BCUT2D eigenvalue weighted by atomic mass is 35.5. The van der Waals surface area contributed by atoms with Gasteiger partial charge in [0.05, 0.1) is 31.5 Å². The monoisotopic (exact) mass is 296 g/mol. The standard InChI is InChI=1S/C14H14ClFN2O2/c1-19-12-5-8(4-11(15)14(12)20-2)13(17)9-3-10(16)7-18-6-9/h3-7,13H,17H2,1-2H3. The van der Waals surface area contributed by atoms with Crippen LogP contribution in [0, 0.1) is 5.82 Å². The van der Waals surface area contributed by atoms with Gasteiger partial charge in [-0.25, -0.2) is 4.39 Å². The van der Waals surface area contributed by atoms with Gasteiger partial charge in [0.2, 0.25) is 0 Å². The molecule has 2 aromatic rings. The fourth-order valence-corrected chi connectivity index (χ4v) is 2.20. The fourth-order valence-electron chi connectivity index (χ4n) is 1.91. The molecule has 1 aromatic heterocycles. The third kappa shape index (κ3) is 2.84. The van der Waals surface area contributed by atoms with Crippen molar-refractivity contribution < 1.29 is 13.9 Å². The van der Waals surface area contributed by atoms with Crippen LogP contribution in [-0.4, -0.2) is 19.2 Å². The second kappa shape index (κ2) is 6.07. The van der Waals surface area contributed by atoms with Gasteiger partial charge in [-0.1, -0.05) is 11.6 Å². The van der Waals surface area contributed by atoms with E-state index in [1.54, 1.807) is 12.1 Å². The van der Waals surface area contributed by atoms with Crippen molar-refractivity contribution in [2.75, 3.05) is 14.2 Å². The van der Waals surface area contributed by atoms with Gasteiger partial charge >= 0.3 is 0 Å². The first-order valence-electron chi connectivity index (χ1n) is 5.84. The average molecular weight is 297 g/mol. The number of hydrogen-bond acceptors (Lipinski definition) is 4. The predicted molar refractivity (Wildman–Crippen MR) is 74.8 cm³/mol. The summed E-state index contributed by atoms with van der Waals surface area (Å²) >= 11 is 6.13. The van der Waals surface area contributed by atoms with Gasteiger partial charge in [-0.05, 0) is 29.3 Å². The molecule has 1 unspecified atom stereocenters. The summed E-state index contributed by atoms with van der Waals surface area (Å²) < 4.78 is 23.6. The normalized spacial score (nSPS) is 12.1. The van der Waals surface area contributed by atoms with Gasteiger partial charge in [0.15, 0.2) is 11.5 Å². The Morgan fingerprint density at radius 1 is 1.15 bits per heavy atom. The minimum Gasteiger partial charge on any atom is -0.493 e. The zero-order chi connectivity index (χ0) is 14.7. The minimum absolute atomic E-state index is 0.377. The number of halogens is 2. The van der Waals surface area contributed by atoms with E-state index in [1.165, 1.54) is 26.5 Å². The molecule has 0 aliphatic carbocycles. The highest BCUT2D eigenvalue weighted by Gasteiger charge is 2.16. The molecule has 4 nitrogen and oxygen atoms in total. The third-order valence-electron chi connectivity index (χ3n) is 2.90. The van der Waals surface area contributed by atoms with Crippen LogP contribution < -0.4 is 15.2 Å². The molecule has 20 heavy (non-hydrogen) atoms. The van der Waals surface area contributed by atoms with Crippen LogP contribution >= 0.6 is 11.6 Å². The summed E-state index contributed by atoms with van der Waals surface area (Å²) in [7, 11) is 3.01. The molecule has 1 aromatic carbocycles. The highest BCUT2D eigenvalue weighted by Crippen LogP contribution is 2.38. The van der Waals surface area contributed by atoms with Gasteiger partial charge in [-0.15, -0.1) is 0 Å². The molecule has 106 valence electrons. The molecule has 0 aliphatic heterocycles. The summed E-state index contributed by atoms with van der Waals surface area (Å²) in [5.41, 5.74) is 7.34. The maximum absolute atomic E-state index is 13.2. The number of aromatic nitrogens is 1. The molecule has 0 saturated carbocycles. The smallest absolute Gasteiger partial charge is 0.179 e. The molecule has 2 rings (SSSR count). The number of nitrogens with two attached hydrogens (primary N) is 1. The second-order valence-corrected chi connectivity index (χ2v) is 4.56. The number of rotatable bonds is 4.